The van der Waals surface area contributed by atoms with Crippen molar-refractivity contribution in [3.8, 4) is 0 Å². The molecule has 0 amide bonds. The number of hydrogen-bond acceptors (Lipinski definition) is 2. The van der Waals surface area contributed by atoms with Crippen LogP contribution in [0.3, 0.4) is 0 Å². The second-order valence-electron chi connectivity index (χ2n) is 14.2. The Morgan fingerprint density at radius 3 is 0.984 bits per heavy atom. The van der Waals surface area contributed by atoms with Crippen molar-refractivity contribution in [3.63, 3.8) is 0 Å². The Morgan fingerprint density at radius 1 is 0.435 bits per heavy atom. The zero-order valence-corrected chi connectivity index (χ0v) is 49.4. The molecule has 2 aliphatic carbocycles. The Labute approximate surface area is 467 Å². The number of rotatable bonds is 2. The second-order valence-corrected chi connectivity index (χ2v) is 19.1. The van der Waals surface area contributed by atoms with Crippen LogP contribution in [0.15, 0.2) is 198 Å². The van der Waals surface area contributed by atoms with Crippen molar-refractivity contribution >= 4 is 60.5 Å². The molecular formula is C49H49Cl6O2Si2Zr3+3. The van der Waals surface area contributed by atoms with Crippen molar-refractivity contribution in [1.29, 1.82) is 0 Å². The van der Waals surface area contributed by atoms with Gasteiger partial charge in [-0.3, -0.25) is 0 Å². The van der Waals surface area contributed by atoms with E-state index in [9.17, 15) is 0 Å². The van der Waals surface area contributed by atoms with Crippen molar-refractivity contribution < 1.29 is 163 Å². The molecule has 0 N–H and O–H groups in total. The molecule has 6 aromatic rings. The van der Waals surface area contributed by atoms with Crippen LogP contribution < -0.4 is 74.4 Å². The average molecular weight is 1210 g/mol. The molecule has 2 unspecified atom stereocenters. The van der Waals surface area contributed by atoms with E-state index in [1.807, 2.05) is 0 Å². The number of benzene rings is 3. The summed E-state index contributed by atoms with van der Waals surface area (Å²) >= 11 is 0. The molecule has 0 spiro atoms. The van der Waals surface area contributed by atoms with Gasteiger partial charge in [-0.25, -0.2) is 0 Å². The number of fused-ring (bicyclic) bond motifs is 5. The van der Waals surface area contributed by atoms with Gasteiger partial charge in [0.1, 0.15) is 23.7 Å². The quantitative estimate of drug-likeness (QED) is 0.128. The van der Waals surface area contributed by atoms with Crippen LogP contribution in [0.2, 0.25) is 26.2 Å². The van der Waals surface area contributed by atoms with Gasteiger partial charge < -0.3 is 83.9 Å². The summed E-state index contributed by atoms with van der Waals surface area (Å²) in [5.74, 6) is 2.11. The standard InChI is InChI=1S/2C11H14OSi.3C9H7.6ClH.3Zr/c2*1-8-4-9-6-10(7-13(2)3)12-11(9)5-8;3*1-2-5-9-7-3-6-8(9)4-1;;;;;;;;;/h2*4-7,10H,1-3H3;3*1-7H;6*1H;;;/q;;3*-1;;;;;;;3*+4/p-6. The third-order valence-corrected chi connectivity index (χ3v) is 10.9. The minimum absolute atomic E-state index is 0. The number of ether oxygens (including phenoxy) is 2. The number of hydrogen-bond donors (Lipinski definition) is 0. The van der Waals surface area contributed by atoms with Gasteiger partial charge in [-0.15, -0.1) is 89.0 Å². The smallest absolute Gasteiger partial charge is 1.00 e. The summed E-state index contributed by atoms with van der Waals surface area (Å²) in [6.45, 7) is 13.3. The maximum absolute atomic E-state index is 5.75. The second kappa shape index (κ2) is 34.4. The Balaban J connectivity index is -0.000000330. The van der Waals surface area contributed by atoms with E-state index < -0.39 is 0 Å². The van der Waals surface area contributed by atoms with Gasteiger partial charge in [-0.2, -0.15) is 52.6 Å². The molecule has 0 bridgehead atoms. The third kappa shape index (κ3) is 20.7. The van der Waals surface area contributed by atoms with Crippen LogP contribution in [0.25, 0.3) is 32.3 Å². The van der Waals surface area contributed by atoms with E-state index in [1.165, 1.54) is 54.6 Å². The van der Waals surface area contributed by atoms with Crippen molar-refractivity contribution in [2.75, 3.05) is 0 Å². The van der Waals surface area contributed by atoms with Crippen molar-refractivity contribution in [2.24, 2.45) is 0 Å². The normalized spacial score (nSPS) is 14.6. The summed E-state index contributed by atoms with van der Waals surface area (Å²) in [6.07, 6.45) is 13.5. The Morgan fingerprint density at radius 2 is 0.726 bits per heavy atom. The average Bonchev–Trinajstić information content (AvgIpc) is 3.97. The fourth-order valence-electron chi connectivity index (χ4n) is 6.51. The summed E-state index contributed by atoms with van der Waals surface area (Å²) in [6, 6.07) is 44.0. The van der Waals surface area contributed by atoms with Gasteiger partial charge in [0.2, 0.25) is 0 Å². The summed E-state index contributed by atoms with van der Waals surface area (Å²) in [7, 11) is -0.607. The maximum Gasteiger partial charge on any atom is 4.00 e. The van der Waals surface area contributed by atoms with Gasteiger partial charge in [0.25, 0.3) is 0 Å². The molecule has 0 aromatic heterocycles. The minimum atomic E-state index is -0.304. The third-order valence-electron chi connectivity index (χ3n) is 8.90. The summed E-state index contributed by atoms with van der Waals surface area (Å²) in [5.41, 5.74) is 9.75. The van der Waals surface area contributed by atoms with Gasteiger partial charge in [0, 0.05) is 28.0 Å². The van der Waals surface area contributed by atoms with Crippen LogP contribution in [0.1, 0.15) is 13.8 Å². The van der Waals surface area contributed by atoms with Gasteiger partial charge >= 0.3 is 78.6 Å². The molecule has 6 aromatic carbocycles. The van der Waals surface area contributed by atoms with Crippen molar-refractivity contribution in [1.82, 2.24) is 0 Å². The van der Waals surface area contributed by atoms with Crippen molar-refractivity contribution in [2.45, 2.75) is 52.2 Å². The molecule has 0 fully saturated rings. The minimum Gasteiger partial charge on any atom is -1.00 e. The zero-order valence-electron chi connectivity index (χ0n) is 35.5. The zero-order chi connectivity index (χ0) is 37.2. The van der Waals surface area contributed by atoms with E-state index in [0.717, 1.165) is 11.5 Å². The molecule has 62 heavy (non-hydrogen) atoms. The van der Waals surface area contributed by atoms with E-state index in [-0.39, 0.29) is 182 Å². The van der Waals surface area contributed by atoms with Crippen molar-refractivity contribution in [3.05, 3.63) is 198 Å². The van der Waals surface area contributed by atoms with E-state index in [4.69, 9.17) is 9.47 Å². The first-order chi connectivity index (χ1) is 25.7. The summed E-state index contributed by atoms with van der Waals surface area (Å²) in [5, 5.41) is 7.99. The predicted octanol–water partition coefficient (Wildman–Crippen LogP) is -5.72. The Kier molecular flexibility index (Phi) is 37.6. The van der Waals surface area contributed by atoms with Gasteiger partial charge in [-0.05, 0) is 61.4 Å². The van der Waals surface area contributed by atoms with Gasteiger partial charge in [0.15, 0.2) is 0 Å². The fraction of sp³-hybridized carbons (Fsp3) is 0.163. The molecule has 2 aliphatic heterocycles. The van der Waals surface area contributed by atoms with E-state index in [2.05, 4.69) is 215 Å². The molecule has 2 atom stereocenters. The monoisotopic (exact) mass is 1200 g/mol. The molecule has 10 rings (SSSR count). The molecule has 0 saturated heterocycles. The summed E-state index contributed by atoms with van der Waals surface area (Å²) < 4.78 is 11.5. The molecule has 2 nitrogen and oxygen atoms in total. The molecule has 13 heteroatoms. The Hall–Kier alpha value is -0.907. The molecule has 316 valence electrons. The van der Waals surface area contributed by atoms with E-state index in [0.29, 0.717) is 0 Å². The number of halogens is 6. The molecular weight excluding hydrogens is 1160 g/mol. The van der Waals surface area contributed by atoms with Crippen LogP contribution in [-0.2, 0) is 88.1 Å². The van der Waals surface area contributed by atoms with Gasteiger partial charge in [-0.1, -0.05) is 55.7 Å². The predicted molar refractivity (Wildman–Crippen MR) is 235 cm³/mol. The van der Waals surface area contributed by atoms with Gasteiger partial charge in [0.05, 0.1) is 0 Å². The number of allylic oxidation sites excluding steroid dienone is 6. The first kappa shape index (κ1) is 67.7. The van der Waals surface area contributed by atoms with Crippen LogP contribution in [0, 0.1) is 0 Å². The Bertz CT molecular complexity index is 2150. The molecule has 0 radical (unpaired) electrons. The topological polar surface area (TPSA) is 18.5 Å². The summed E-state index contributed by atoms with van der Waals surface area (Å²) in [4.78, 5) is 0. The largest absolute Gasteiger partial charge is 4.00 e. The molecule has 4 aliphatic rings. The molecule has 2 heterocycles. The van der Waals surface area contributed by atoms with Crippen LogP contribution in [-0.4, -0.2) is 40.4 Å². The van der Waals surface area contributed by atoms with E-state index in [1.54, 1.807) is 0 Å². The van der Waals surface area contributed by atoms with Crippen LogP contribution >= 0.6 is 0 Å². The first-order valence-electron chi connectivity index (χ1n) is 18.4. The van der Waals surface area contributed by atoms with E-state index >= 15 is 0 Å². The molecule has 0 saturated carbocycles. The maximum atomic E-state index is 5.75. The SMILES string of the molecule is CC1=CC2=CC(C=[Si](C)C)OC2=C1.CC1=CC2=CC(C=[Si](C)C)OC2=C1.[Cl-].[Cl-].[Cl-].[Cl-].[Cl-].[Cl-].[Zr+4].[Zr+4].[Zr+4].c1ccc2[cH-]ccc2c1.c1ccc2[cH-]ccc2c1.c1ccc2[cH-]ccc2c1. The van der Waals surface area contributed by atoms with Crippen LogP contribution in [0.4, 0.5) is 0 Å². The first-order valence-corrected chi connectivity index (χ1v) is 23.5. The van der Waals surface area contributed by atoms with Crippen LogP contribution in [0.5, 0.6) is 0 Å². The fourth-order valence-corrected chi connectivity index (χ4v) is 8.15.